The molecule has 7 nitrogen and oxygen atoms in total. The van der Waals surface area contributed by atoms with Gasteiger partial charge in [0.1, 0.15) is 0 Å². The molecule has 0 aromatic carbocycles. The van der Waals surface area contributed by atoms with Crippen molar-refractivity contribution in [1.29, 1.82) is 0 Å². The van der Waals surface area contributed by atoms with Crippen LogP contribution < -0.4 is 0 Å². The topological polar surface area (TPSA) is 87.9 Å². The summed E-state index contributed by atoms with van der Waals surface area (Å²) in [6, 6.07) is 0.145. The summed E-state index contributed by atoms with van der Waals surface area (Å²) in [7, 11) is 0. The summed E-state index contributed by atoms with van der Waals surface area (Å²) in [5, 5.41) is 10.7. The van der Waals surface area contributed by atoms with Crippen molar-refractivity contribution in [3.63, 3.8) is 0 Å². The highest BCUT2D eigenvalue weighted by atomic mass is 16.5. The van der Waals surface area contributed by atoms with Crippen LogP contribution >= 0.6 is 0 Å². The Morgan fingerprint density at radius 2 is 2.17 bits per heavy atom. The maximum Gasteiger partial charge on any atom is 0.257 e. The Morgan fingerprint density at radius 3 is 2.96 bits per heavy atom. The molecule has 0 spiro atoms. The number of nitrogens with zero attached hydrogens (tertiary/aromatic N) is 4. The predicted molar refractivity (Wildman–Crippen MR) is 81.9 cm³/mol. The molecular weight excluding hydrogens is 294 g/mol. The van der Waals surface area contributed by atoms with Crippen LogP contribution in [0.3, 0.4) is 0 Å². The quantitative estimate of drug-likeness (QED) is 0.935. The minimum absolute atomic E-state index is 0.0285. The van der Waals surface area contributed by atoms with Gasteiger partial charge in [-0.25, -0.2) is 0 Å². The highest BCUT2D eigenvalue weighted by Crippen LogP contribution is 2.33. The van der Waals surface area contributed by atoms with E-state index in [4.69, 9.17) is 4.52 Å². The van der Waals surface area contributed by atoms with Crippen LogP contribution in [0.5, 0.6) is 0 Å². The molecule has 23 heavy (non-hydrogen) atoms. The zero-order valence-corrected chi connectivity index (χ0v) is 13.1. The predicted octanol–water partition coefficient (Wildman–Crippen LogP) is 2.30. The molecule has 1 saturated carbocycles. The molecule has 122 valence electrons. The second-order valence-electron chi connectivity index (χ2n) is 6.52. The van der Waals surface area contributed by atoms with Gasteiger partial charge in [0.15, 0.2) is 5.82 Å². The Bertz CT molecular complexity index is 660. The van der Waals surface area contributed by atoms with Gasteiger partial charge >= 0.3 is 0 Å². The van der Waals surface area contributed by atoms with E-state index >= 15 is 0 Å². The van der Waals surface area contributed by atoms with Crippen LogP contribution in [0.4, 0.5) is 0 Å². The third-order valence-electron chi connectivity index (χ3n) is 4.99. The summed E-state index contributed by atoms with van der Waals surface area (Å²) in [4.78, 5) is 19.0. The van der Waals surface area contributed by atoms with Crippen LogP contribution in [0, 0.1) is 0 Å². The van der Waals surface area contributed by atoms with E-state index in [-0.39, 0.29) is 11.9 Å². The molecule has 2 fully saturated rings. The molecule has 2 aliphatic rings. The summed E-state index contributed by atoms with van der Waals surface area (Å²) < 4.78 is 5.45. The molecule has 0 bridgehead atoms. The molecule has 2 aromatic rings. The van der Waals surface area contributed by atoms with Crippen molar-refractivity contribution >= 4 is 5.91 Å². The third kappa shape index (κ3) is 2.87. The van der Waals surface area contributed by atoms with Gasteiger partial charge in [-0.15, -0.1) is 0 Å². The Morgan fingerprint density at radius 1 is 1.30 bits per heavy atom. The van der Waals surface area contributed by atoms with Crippen LogP contribution in [-0.2, 0) is 6.42 Å². The summed E-state index contributed by atoms with van der Waals surface area (Å²) in [5.41, 5.74) is 0.608. The lowest BCUT2D eigenvalue weighted by molar-refractivity contribution is 0.0735. The van der Waals surface area contributed by atoms with Gasteiger partial charge in [-0.3, -0.25) is 9.89 Å². The maximum atomic E-state index is 12.5. The molecule has 1 unspecified atom stereocenters. The minimum atomic E-state index is 0.0285. The summed E-state index contributed by atoms with van der Waals surface area (Å²) in [6.07, 6.45) is 10.7. The van der Waals surface area contributed by atoms with Gasteiger partial charge in [-0.1, -0.05) is 18.0 Å². The van der Waals surface area contributed by atoms with Crippen molar-refractivity contribution in [2.45, 2.75) is 56.9 Å². The fourth-order valence-electron chi connectivity index (χ4n) is 3.75. The van der Waals surface area contributed by atoms with Gasteiger partial charge in [0.25, 0.3) is 5.91 Å². The van der Waals surface area contributed by atoms with Crippen molar-refractivity contribution < 1.29 is 9.32 Å². The normalized spacial score (nSPS) is 22.1. The van der Waals surface area contributed by atoms with Gasteiger partial charge in [-0.05, 0) is 25.7 Å². The van der Waals surface area contributed by atoms with Gasteiger partial charge in [0.2, 0.25) is 5.89 Å². The highest BCUT2D eigenvalue weighted by Gasteiger charge is 2.31. The Balaban J connectivity index is 1.44. The molecular formula is C16H21N5O2. The molecule has 0 radical (unpaired) electrons. The first-order valence-corrected chi connectivity index (χ1v) is 8.43. The number of hydrogen-bond donors (Lipinski definition) is 1. The lowest BCUT2D eigenvalue weighted by atomic mass is 10.1. The third-order valence-corrected chi connectivity index (χ3v) is 4.99. The first kappa shape index (κ1) is 14.4. The lowest BCUT2D eigenvalue weighted by Crippen LogP contribution is -2.36. The maximum absolute atomic E-state index is 12.5. The van der Waals surface area contributed by atoms with E-state index in [1.807, 2.05) is 4.90 Å². The number of rotatable bonds is 4. The van der Waals surface area contributed by atoms with E-state index in [0.717, 1.165) is 43.9 Å². The minimum Gasteiger partial charge on any atom is -0.339 e. The number of hydrogen-bond acceptors (Lipinski definition) is 5. The van der Waals surface area contributed by atoms with Crippen LogP contribution in [0.15, 0.2) is 16.9 Å². The average molecular weight is 315 g/mol. The number of amides is 1. The molecule has 1 N–H and O–H groups in total. The number of H-pyrrole nitrogens is 1. The zero-order chi connectivity index (χ0) is 15.6. The van der Waals surface area contributed by atoms with E-state index in [2.05, 4.69) is 20.3 Å². The number of nitrogens with one attached hydrogen (secondary N) is 1. The number of aromatic nitrogens is 4. The smallest absolute Gasteiger partial charge is 0.257 e. The average Bonchev–Trinajstić information content (AvgIpc) is 3.33. The van der Waals surface area contributed by atoms with Crippen molar-refractivity contribution in [3.8, 4) is 0 Å². The van der Waals surface area contributed by atoms with Gasteiger partial charge in [-0.2, -0.15) is 10.1 Å². The molecule has 4 rings (SSSR count). The van der Waals surface area contributed by atoms with Crippen molar-refractivity contribution in [2.75, 3.05) is 6.54 Å². The van der Waals surface area contributed by atoms with E-state index < -0.39 is 0 Å². The SMILES string of the molecule is O=C(c1cn[nH]c1)N1CCCC1Cc1noc(C2CCCC2)n1. The second kappa shape index (κ2) is 6.14. The Labute approximate surface area is 134 Å². The second-order valence-corrected chi connectivity index (χ2v) is 6.52. The first-order chi connectivity index (χ1) is 11.3. The number of aromatic amines is 1. The summed E-state index contributed by atoms with van der Waals surface area (Å²) >= 11 is 0. The molecule has 2 aromatic heterocycles. The molecule has 3 heterocycles. The molecule has 1 saturated heterocycles. The van der Waals surface area contributed by atoms with E-state index in [0.29, 0.717) is 17.9 Å². The standard InChI is InChI=1S/C16H21N5O2/c22-16(12-9-17-18-10-12)21-7-3-6-13(21)8-14-19-15(23-20-14)11-4-1-2-5-11/h9-11,13H,1-8H2,(H,17,18). The summed E-state index contributed by atoms with van der Waals surface area (Å²) in [6.45, 7) is 0.780. The van der Waals surface area contributed by atoms with Crippen LogP contribution in [0.25, 0.3) is 0 Å². The Kier molecular flexibility index (Phi) is 3.85. The van der Waals surface area contributed by atoms with Gasteiger partial charge in [0.05, 0.1) is 11.8 Å². The molecule has 7 heteroatoms. The fourth-order valence-corrected chi connectivity index (χ4v) is 3.75. The molecule has 1 aliphatic carbocycles. The largest absolute Gasteiger partial charge is 0.339 e. The number of likely N-dealkylation sites (tertiary alicyclic amines) is 1. The molecule has 1 atom stereocenters. The number of carbonyl (C=O) groups is 1. The van der Waals surface area contributed by atoms with Crippen molar-refractivity contribution in [2.24, 2.45) is 0 Å². The molecule has 1 amide bonds. The van der Waals surface area contributed by atoms with E-state index in [1.165, 1.54) is 12.8 Å². The van der Waals surface area contributed by atoms with Crippen molar-refractivity contribution in [1.82, 2.24) is 25.2 Å². The van der Waals surface area contributed by atoms with Crippen LogP contribution in [0.1, 0.15) is 66.5 Å². The number of carbonyl (C=O) groups excluding carboxylic acids is 1. The summed E-state index contributed by atoms with van der Waals surface area (Å²) in [5.74, 6) is 1.97. The molecule has 1 aliphatic heterocycles. The monoisotopic (exact) mass is 315 g/mol. The zero-order valence-electron chi connectivity index (χ0n) is 13.1. The van der Waals surface area contributed by atoms with E-state index in [9.17, 15) is 4.79 Å². The van der Waals surface area contributed by atoms with Gasteiger partial charge in [0, 0.05) is 31.1 Å². The Hall–Kier alpha value is -2.18. The highest BCUT2D eigenvalue weighted by molar-refractivity contribution is 5.94. The van der Waals surface area contributed by atoms with Crippen LogP contribution in [0.2, 0.25) is 0 Å². The van der Waals surface area contributed by atoms with E-state index in [1.54, 1.807) is 12.4 Å². The van der Waals surface area contributed by atoms with Crippen molar-refractivity contribution in [3.05, 3.63) is 29.7 Å². The van der Waals surface area contributed by atoms with Crippen LogP contribution in [-0.4, -0.2) is 43.7 Å². The first-order valence-electron chi connectivity index (χ1n) is 8.43. The fraction of sp³-hybridized carbons (Fsp3) is 0.625. The van der Waals surface area contributed by atoms with Gasteiger partial charge < -0.3 is 9.42 Å². The lowest BCUT2D eigenvalue weighted by Gasteiger charge is -2.23.